The highest BCUT2D eigenvalue weighted by atomic mass is 19.1. The van der Waals surface area contributed by atoms with E-state index >= 15 is 0 Å². The molecule has 7 nitrogen and oxygen atoms in total. The van der Waals surface area contributed by atoms with Crippen LogP contribution in [0.5, 0.6) is 0 Å². The van der Waals surface area contributed by atoms with Gasteiger partial charge in [0.2, 0.25) is 0 Å². The largest absolute Gasteiger partial charge is 0.375 e. The summed E-state index contributed by atoms with van der Waals surface area (Å²) >= 11 is 0. The van der Waals surface area contributed by atoms with Crippen molar-refractivity contribution in [3.8, 4) is 0 Å². The van der Waals surface area contributed by atoms with Crippen molar-refractivity contribution in [1.29, 1.82) is 0 Å². The number of nitrogens with one attached hydrogen (secondary N) is 2. The van der Waals surface area contributed by atoms with E-state index in [1.807, 2.05) is 6.92 Å². The molecule has 27 heavy (non-hydrogen) atoms. The Balaban J connectivity index is 1.70. The van der Waals surface area contributed by atoms with E-state index in [1.165, 1.54) is 12.1 Å². The number of hydrogen-bond acceptors (Lipinski definition) is 5. The van der Waals surface area contributed by atoms with Crippen molar-refractivity contribution in [1.82, 2.24) is 15.6 Å². The monoisotopic (exact) mass is 374 g/mol. The first-order valence-corrected chi connectivity index (χ1v) is 8.96. The highest BCUT2D eigenvalue weighted by Gasteiger charge is 2.31. The van der Waals surface area contributed by atoms with Gasteiger partial charge in [-0.3, -0.25) is 9.59 Å². The summed E-state index contributed by atoms with van der Waals surface area (Å²) in [5.74, 6) is -1.55. The van der Waals surface area contributed by atoms with Gasteiger partial charge in [0.05, 0.1) is 12.7 Å². The average Bonchev–Trinajstić information content (AvgIpc) is 2.68. The predicted molar refractivity (Wildman–Crippen MR) is 97.8 cm³/mol. The number of morpholine rings is 1. The molecule has 2 amide bonds. The highest BCUT2D eigenvalue weighted by molar-refractivity contribution is 5.99. The van der Waals surface area contributed by atoms with E-state index < -0.39 is 23.9 Å². The van der Waals surface area contributed by atoms with Gasteiger partial charge < -0.3 is 21.1 Å². The quantitative estimate of drug-likeness (QED) is 0.709. The van der Waals surface area contributed by atoms with Crippen molar-refractivity contribution in [2.75, 3.05) is 19.7 Å². The van der Waals surface area contributed by atoms with Crippen LogP contribution in [0.25, 0.3) is 0 Å². The lowest BCUT2D eigenvalue weighted by molar-refractivity contribution is -0.0113. The number of carbonyl (C=O) groups is 2. The van der Waals surface area contributed by atoms with Crippen LogP contribution in [0, 0.1) is 5.92 Å². The molecule has 0 bridgehead atoms. The smallest absolute Gasteiger partial charge is 0.267 e. The minimum Gasteiger partial charge on any atom is -0.375 e. The van der Waals surface area contributed by atoms with Crippen molar-refractivity contribution in [2.45, 2.75) is 25.6 Å². The summed E-state index contributed by atoms with van der Waals surface area (Å²) in [6.45, 7) is 3.77. The molecule has 0 radical (unpaired) electrons. The van der Waals surface area contributed by atoms with Crippen molar-refractivity contribution in [3.63, 3.8) is 0 Å². The lowest BCUT2D eigenvalue weighted by Gasteiger charge is -2.32. The number of carbonyl (C=O) groups excluding carboxylic acids is 2. The maximum atomic E-state index is 14.6. The zero-order valence-corrected chi connectivity index (χ0v) is 15.1. The number of rotatable bonds is 5. The number of nitrogens with zero attached hydrogens (tertiary/aromatic N) is 1. The maximum Gasteiger partial charge on any atom is 0.267 e. The Morgan fingerprint density at radius 3 is 2.89 bits per heavy atom. The molecule has 8 heteroatoms. The number of amides is 2. The average molecular weight is 374 g/mol. The van der Waals surface area contributed by atoms with Crippen LogP contribution in [0.3, 0.4) is 0 Å². The molecule has 1 aliphatic carbocycles. The summed E-state index contributed by atoms with van der Waals surface area (Å²) in [7, 11) is 0. The van der Waals surface area contributed by atoms with Crippen LogP contribution < -0.4 is 16.4 Å². The fraction of sp³-hybridized carbons (Fsp3) is 0.421. The van der Waals surface area contributed by atoms with Gasteiger partial charge in [-0.05, 0) is 30.7 Å². The van der Waals surface area contributed by atoms with Crippen LogP contribution in [0.2, 0.25) is 0 Å². The van der Waals surface area contributed by atoms with Crippen LogP contribution in [-0.2, 0) is 11.2 Å². The van der Waals surface area contributed by atoms with Crippen LogP contribution >= 0.6 is 0 Å². The van der Waals surface area contributed by atoms with Crippen molar-refractivity contribution < 1.29 is 18.7 Å². The predicted octanol–water partition coefficient (Wildman–Crippen LogP) is 0.869. The molecule has 144 valence electrons. The molecule has 2 aliphatic rings. The minimum absolute atomic E-state index is 0.0260. The number of allylic oxidation sites excluding steroid dienone is 2. The standard InChI is InChI=1S/C19H23FN4O3/c1-2-12-7-11(8-16(23-12)18(21)25)19(26)24-13-3-4-14(15(20)9-13)17-10-22-5-6-27-17/h3-4,7-9,14-15,17,22H,2,5-6,10H2,1H3,(H2,21,25)(H,24,26)/t14?,15?,17-/m1/s1. The van der Waals surface area contributed by atoms with Crippen LogP contribution in [0.15, 0.2) is 36.1 Å². The number of ether oxygens (including phenoxy) is 1. The summed E-state index contributed by atoms with van der Waals surface area (Å²) in [6.07, 6.45) is 3.82. The lowest BCUT2D eigenvalue weighted by Crippen LogP contribution is -2.45. The Morgan fingerprint density at radius 1 is 1.44 bits per heavy atom. The molecule has 0 saturated carbocycles. The first-order valence-electron chi connectivity index (χ1n) is 8.96. The fourth-order valence-electron chi connectivity index (χ4n) is 3.13. The van der Waals surface area contributed by atoms with Crippen LogP contribution in [0.1, 0.15) is 33.5 Å². The number of halogens is 1. The van der Waals surface area contributed by atoms with E-state index in [1.54, 1.807) is 18.2 Å². The van der Waals surface area contributed by atoms with Gasteiger partial charge in [-0.15, -0.1) is 0 Å². The van der Waals surface area contributed by atoms with E-state index in [-0.39, 0.29) is 17.4 Å². The van der Waals surface area contributed by atoms with Crippen LogP contribution in [-0.4, -0.2) is 48.8 Å². The van der Waals surface area contributed by atoms with E-state index in [4.69, 9.17) is 10.5 Å². The van der Waals surface area contributed by atoms with Crippen molar-refractivity contribution >= 4 is 11.8 Å². The number of aromatic nitrogens is 1. The summed E-state index contributed by atoms with van der Waals surface area (Å²) in [4.78, 5) is 28.0. The van der Waals surface area contributed by atoms with Gasteiger partial charge >= 0.3 is 0 Å². The van der Waals surface area contributed by atoms with Crippen molar-refractivity contribution in [3.05, 3.63) is 53.0 Å². The van der Waals surface area contributed by atoms with Gasteiger partial charge in [-0.2, -0.15) is 0 Å². The molecule has 3 atom stereocenters. The number of hydrogen-bond donors (Lipinski definition) is 3. The Kier molecular flexibility index (Phi) is 5.98. The second-order valence-corrected chi connectivity index (χ2v) is 6.52. The molecule has 1 aromatic rings. The summed E-state index contributed by atoms with van der Waals surface area (Å²) in [5, 5.41) is 5.85. The first-order chi connectivity index (χ1) is 13.0. The Morgan fingerprint density at radius 2 is 2.26 bits per heavy atom. The minimum atomic E-state index is -1.26. The third kappa shape index (κ3) is 4.58. The summed E-state index contributed by atoms with van der Waals surface area (Å²) in [5.41, 5.74) is 6.49. The Labute approximate surface area is 156 Å². The zero-order chi connectivity index (χ0) is 19.4. The summed E-state index contributed by atoms with van der Waals surface area (Å²) in [6, 6.07) is 2.92. The molecular formula is C19H23FN4O3. The number of aryl methyl sites for hydroxylation is 1. The first kappa shape index (κ1) is 19.2. The van der Waals surface area contributed by atoms with Gasteiger partial charge in [0.1, 0.15) is 11.9 Å². The number of primary amides is 1. The molecular weight excluding hydrogens is 351 g/mol. The van der Waals surface area contributed by atoms with Gasteiger partial charge in [0.25, 0.3) is 11.8 Å². The molecule has 0 aromatic carbocycles. The third-order valence-corrected chi connectivity index (χ3v) is 4.60. The Bertz CT molecular complexity index is 787. The van der Waals surface area contributed by atoms with Gasteiger partial charge in [0, 0.05) is 36.0 Å². The SMILES string of the molecule is CCc1cc(C(=O)NC2=CC(F)C([C@H]3CNCCO3)C=C2)cc(C(N)=O)n1. The molecule has 4 N–H and O–H groups in total. The molecule has 1 aliphatic heterocycles. The fourth-order valence-corrected chi connectivity index (χ4v) is 3.13. The second-order valence-electron chi connectivity index (χ2n) is 6.52. The molecule has 2 heterocycles. The second kappa shape index (κ2) is 8.41. The molecule has 1 saturated heterocycles. The van der Waals surface area contributed by atoms with E-state index in [2.05, 4.69) is 15.6 Å². The number of alkyl halides is 1. The molecule has 3 rings (SSSR count). The highest BCUT2D eigenvalue weighted by Crippen LogP contribution is 2.25. The maximum absolute atomic E-state index is 14.6. The van der Waals surface area contributed by atoms with Crippen LogP contribution in [0.4, 0.5) is 4.39 Å². The molecule has 2 unspecified atom stereocenters. The molecule has 1 aromatic heterocycles. The number of nitrogens with two attached hydrogens (primary N) is 1. The van der Waals surface area contributed by atoms with E-state index in [0.717, 1.165) is 6.54 Å². The van der Waals surface area contributed by atoms with Gasteiger partial charge in [0.15, 0.2) is 0 Å². The number of pyridine rings is 1. The summed E-state index contributed by atoms with van der Waals surface area (Å²) < 4.78 is 20.2. The van der Waals surface area contributed by atoms with Gasteiger partial charge in [-0.1, -0.05) is 13.0 Å². The topological polar surface area (TPSA) is 106 Å². The zero-order valence-electron chi connectivity index (χ0n) is 15.1. The third-order valence-electron chi connectivity index (χ3n) is 4.60. The van der Waals surface area contributed by atoms with E-state index in [0.29, 0.717) is 31.0 Å². The Hall–Kier alpha value is -2.58. The lowest BCUT2D eigenvalue weighted by atomic mass is 9.91. The molecule has 0 spiro atoms. The van der Waals surface area contributed by atoms with Gasteiger partial charge in [-0.25, -0.2) is 9.37 Å². The molecule has 1 fully saturated rings. The van der Waals surface area contributed by atoms with E-state index in [9.17, 15) is 14.0 Å². The van der Waals surface area contributed by atoms with Crippen molar-refractivity contribution in [2.24, 2.45) is 11.7 Å². The normalized spacial score (nSPS) is 25.0.